The van der Waals surface area contributed by atoms with E-state index in [2.05, 4.69) is 10.6 Å². The molecule has 0 aromatic heterocycles. The van der Waals surface area contributed by atoms with E-state index in [0.717, 1.165) is 6.42 Å². The van der Waals surface area contributed by atoms with Crippen molar-refractivity contribution in [1.82, 2.24) is 10.6 Å². The van der Waals surface area contributed by atoms with E-state index in [1.54, 1.807) is 6.92 Å². The molecule has 0 aliphatic heterocycles. The fourth-order valence-electron chi connectivity index (χ4n) is 1.08. The van der Waals surface area contributed by atoms with E-state index in [1.165, 1.54) is 0 Å². The molecule has 0 rings (SSSR count). The third-order valence-electron chi connectivity index (χ3n) is 2.32. The fourth-order valence-corrected chi connectivity index (χ4v) is 1.08. The predicted molar refractivity (Wildman–Crippen MR) is 63.7 cm³/mol. The molecule has 0 aliphatic carbocycles. The quantitative estimate of drug-likeness (QED) is 0.599. The van der Waals surface area contributed by atoms with Gasteiger partial charge in [-0.15, -0.1) is 0 Å². The molecule has 0 heterocycles. The van der Waals surface area contributed by atoms with E-state index in [4.69, 9.17) is 5.73 Å². The number of carbonyl (C=O) groups excluding carboxylic acids is 2. The Balaban J connectivity index is 4.08. The van der Waals surface area contributed by atoms with Gasteiger partial charge in [0.2, 0.25) is 11.8 Å². The van der Waals surface area contributed by atoms with Crippen LogP contribution in [0.15, 0.2) is 0 Å². The van der Waals surface area contributed by atoms with E-state index >= 15 is 0 Å². The lowest BCUT2D eigenvalue weighted by atomic mass is 10.0. The molecule has 0 saturated carbocycles. The number of hydrogen-bond donors (Lipinski definition) is 3. The van der Waals surface area contributed by atoms with Crippen molar-refractivity contribution in [1.29, 1.82) is 0 Å². The molecular formula is C11H23N3O2. The minimum absolute atomic E-state index is 0.0610. The van der Waals surface area contributed by atoms with Gasteiger partial charge in [0.1, 0.15) is 6.04 Å². The van der Waals surface area contributed by atoms with Gasteiger partial charge < -0.3 is 16.4 Å². The summed E-state index contributed by atoms with van der Waals surface area (Å²) in [6, 6.07) is -1.11. The van der Waals surface area contributed by atoms with Gasteiger partial charge in [0.25, 0.3) is 0 Å². The van der Waals surface area contributed by atoms with Gasteiger partial charge in [-0.1, -0.05) is 20.8 Å². The lowest BCUT2D eigenvalue weighted by Crippen LogP contribution is -2.51. The molecule has 2 amide bonds. The van der Waals surface area contributed by atoms with Crippen LogP contribution in [0.3, 0.4) is 0 Å². The number of hydrogen-bond acceptors (Lipinski definition) is 3. The van der Waals surface area contributed by atoms with Crippen molar-refractivity contribution in [3.05, 3.63) is 0 Å². The number of amides is 2. The lowest BCUT2D eigenvalue weighted by molar-refractivity contribution is -0.129. The van der Waals surface area contributed by atoms with Crippen LogP contribution in [-0.4, -0.2) is 30.4 Å². The Hall–Kier alpha value is -1.10. The molecule has 2 atom stereocenters. The maximum atomic E-state index is 11.6. The maximum absolute atomic E-state index is 11.6. The lowest BCUT2D eigenvalue weighted by Gasteiger charge is -2.19. The van der Waals surface area contributed by atoms with Gasteiger partial charge in [0.15, 0.2) is 0 Å². The molecule has 0 aromatic rings. The zero-order valence-corrected chi connectivity index (χ0v) is 10.5. The Labute approximate surface area is 97.2 Å². The van der Waals surface area contributed by atoms with Crippen LogP contribution in [0.25, 0.3) is 0 Å². The summed E-state index contributed by atoms with van der Waals surface area (Å²) in [5, 5.41) is 5.30. The minimum Gasteiger partial charge on any atom is -0.354 e. The monoisotopic (exact) mass is 229 g/mol. The fraction of sp³-hybridized carbons (Fsp3) is 0.818. The van der Waals surface area contributed by atoms with Crippen molar-refractivity contribution in [3.8, 4) is 0 Å². The van der Waals surface area contributed by atoms with Crippen LogP contribution >= 0.6 is 0 Å². The highest BCUT2D eigenvalue weighted by Crippen LogP contribution is 1.98. The van der Waals surface area contributed by atoms with Crippen LogP contribution in [-0.2, 0) is 9.59 Å². The van der Waals surface area contributed by atoms with E-state index in [-0.39, 0.29) is 17.7 Å². The van der Waals surface area contributed by atoms with Crippen molar-refractivity contribution in [2.45, 2.75) is 46.2 Å². The van der Waals surface area contributed by atoms with Gasteiger partial charge >= 0.3 is 0 Å². The second kappa shape index (κ2) is 7.22. The van der Waals surface area contributed by atoms with Crippen LogP contribution in [0.5, 0.6) is 0 Å². The minimum atomic E-state index is -0.568. The van der Waals surface area contributed by atoms with Gasteiger partial charge in [0, 0.05) is 6.54 Å². The zero-order chi connectivity index (χ0) is 12.7. The van der Waals surface area contributed by atoms with Crippen LogP contribution < -0.4 is 16.4 Å². The van der Waals surface area contributed by atoms with Crippen LogP contribution in [0.2, 0.25) is 0 Å². The highest BCUT2D eigenvalue weighted by molar-refractivity contribution is 5.89. The van der Waals surface area contributed by atoms with Crippen LogP contribution in [0.4, 0.5) is 0 Å². The smallest absolute Gasteiger partial charge is 0.242 e. The zero-order valence-electron chi connectivity index (χ0n) is 10.5. The van der Waals surface area contributed by atoms with Crippen LogP contribution in [0.1, 0.15) is 34.1 Å². The number of carbonyl (C=O) groups is 2. The summed E-state index contributed by atoms with van der Waals surface area (Å²) < 4.78 is 0. The number of nitrogens with one attached hydrogen (secondary N) is 2. The summed E-state index contributed by atoms with van der Waals surface area (Å²) in [6.45, 7) is 7.97. The third kappa shape index (κ3) is 5.11. The van der Waals surface area contributed by atoms with Gasteiger partial charge in [-0.3, -0.25) is 9.59 Å². The highest BCUT2D eigenvalue weighted by atomic mass is 16.2. The molecule has 4 N–H and O–H groups in total. The Bertz CT molecular complexity index is 241. The second-order valence-corrected chi connectivity index (χ2v) is 4.29. The average molecular weight is 229 g/mol. The number of nitrogens with two attached hydrogens (primary N) is 1. The molecule has 5 heteroatoms. The molecule has 0 saturated heterocycles. The van der Waals surface area contributed by atoms with Crippen molar-refractivity contribution in [2.75, 3.05) is 6.54 Å². The molecule has 0 aliphatic rings. The SMILES string of the molecule is CCCNC(=O)C(C)NC(=O)C(N)C(C)C. The van der Waals surface area contributed by atoms with E-state index in [9.17, 15) is 9.59 Å². The largest absolute Gasteiger partial charge is 0.354 e. The normalized spacial score (nSPS) is 14.4. The summed E-state index contributed by atoms with van der Waals surface area (Å²) >= 11 is 0. The highest BCUT2D eigenvalue weighted by Gasteiger charge is 2.21. The Kier molecular flexibility index (Phi) is 6.72. The summed E-state index contributed by atoms with van der Waals surface area (Å²) in [6.07, 6.45) is 0.873. The van der Waals surface area contributed by atoms with Crippen molar-refractivity contribution in [2.24, 2.45) is 11.7 Å². The van der Waals surface area contributed by atoms with Crippen LogP contribution in [0, 0.1) is 5.92 Å². The first kappa shape index (κ1) is 14.9. The van der Waals surface area contributed by atoms with E-state index < -0.39 is 12.1 Å². The molecule has 5 nitrogen and oxygen atoms in total. The standard InChI is InChI=1S/C11H23N3O2/c1-5-6-13-10(15)8(4)14-11(16)9(12)7(2)3/h7-9H,5-6,12H2,1-4H3,(H,13,15)(H,14,16). The average Bonchev–Trinajstić information content (AvgIpc) is 2.24. The molecule has 0 aromatic carbocycles. The molecule has 16 heavy (non-hydrogen) atoms. The second-order valence-electron chi connectivity index (χ2n) is 4.29. The van der Waals surface area contributed by atoms with Crippen molar-refractivity contribution >= 4 is 11.8 Å². The summed E-state index contributed by atoms with van der Waals surface area (Å²) in [4.78, 5) is 23.0. The Morgan fingerprint density at radius 3 is 2.19 bits per heavy atom. The van der Waals surface area contributed by atoms with E-state index in [1.807, 2.05) is 20.8 Å². The number of rotatable bonds is 6. The summed E-state index contributed by atoms with van der Waals surface area (Å²) in [7, 11) is 0. The van der Waals surface area contributed by atoms with Gasteiger partial charge in [0.05, 0.1) is 6.04 Å². The summed E-state index contributed by atoms with van der Waals surface area (Å²) in [5.41, 5.74) is 5.66. The van der Waals surface area contributed by atoms with Crippen molar-refractivity contribution in [3.63, 3.8) is 0 Å². The molecular weight excluding hydrogens is 206 g/mol. The molecule has 0 bridgehead atoms. The van der Waals surface area contributed by atoms with Gasteiger partial charge in [-0.05, 0) is 19.3 Å². The molecule has 94 valence electrons. The Morgan fingerprint density at radius 1 is 1.19 bits per heavy atom. The molecule has 2 unspecified atom stereocenters. The molecule has 0 fully saturated rings. The van der Waals surface area contributed by atoms with E-state index in [0.29, 0.717) is 6.54 Å². The maximum Gasteiger partial charge on any atom is 0.242 e. The Morgan fingerprint density at radius 2 is 1.75 bits per heavy atom. The van der Waals surface area contributed by atoms with Crippen molar-refractivity contribution < 1.29 is 9.59 Å². The first-order valence-corrected chi connectivity index (χ1v) is 5.73. The third-order valence-corrected chi connectivity index (χ3v) is 2.32. The summed E-state index contributed by atoms with van der Waals surface area (Å²) in [5.74, 6) is -0.397. The molecule has 0 spiro atoms. The predicted octanol–water partition coefficient (Wildman–Crippen LogP) is 0.000600. The van der Waals surface area contributed by atoms with Gasteiger partial charge in [-0.25, -0.2) is 0 Å². The first-order valence-electron chi connectivity index (χ1n) is 5.73. The van der Waals surface area contributed by atoms with Gasteiger partial charge in [-0.2, -0.15) is 0 Å². The molecule has 0 radical (unpaired) electrons. The topological polar surface area (TPSA) is 84.2 Å². The first-order chi connectivity index (χ1) is 7.40.